The SMILES string of the molecule is COc1ccc(-c2nnc(SC(C)C(=O)Nc3ccc(C(N)=O)cc3)n2-c2ccccc2)cc1. The smallest absolute Gasteiger partial charge is 0.248 e. The van der Waals surface area contributed by atoms with Crippen molar-refractivity contribution in [2.45, 2.75) is 17.3 Å². The quantitative estimate of drug-likeness (QED) is 0.372. The Bertz CT molecular complexity index is 1290. The van der Waals surface area contributed by atoms with Crippen LogP contribution < -0.4 is 15.8 Å². The van der Waals surface area contributed by atoms with Crippen LogP contribution in [0.25, 0.3) is 17.1 Å². The normalized spacial score (nSPS) is 11.6. The molecule has 1 heterocycles. The van der Waals surface area contributed by atoms with Gasteiger partial charge in [-0.25, -0.2) is 0 Å². The van der Waals surface area contributed by atoms with Crippen molar-refractivity contribution in [3.05, 3.63) is 84.4 Å². The summed E-state index contributed by atoms with van der Waals surface area (Å²) in [6, 6.07) is 23.7. The Morgan fingerprint density at radius 1 is 0.971 bits per heavy atom. The maximum Gasteiger partial charge on any atom is 0.248 e. The minimum Gasteiger partial charge on any atom is -0.497 e. The first-order chi connectivity index (χ1) is 16.5. The molecular weight excluding hydrogens is 450 g/mol. The fourth-order valence-corrected chi connectivity index (χ4v) is 4.12. The average Bonchev–Trinajstić information content (AvgIpc) is 3.28. The van der Waals surface area contributed by atoms with Gasteiger partial charge >= 0.3 is 0 Å². The maximum atomic E-state index is 12.8. The van der Waals surface area contributed by atoms with Crippen LogP contribution in [0.1, 0.15) is 17.3 Å². The summed E-state index contributed by atoms with van der Waals surface area (Å²) in [7, 11) is 1.62. The highest BCUT2D eigenvalue weighted by Crippen LogP contribution is 2.31. The van der Waals surface area contributed by atoms with Gasteiger partial charge in [0.05, 0.1) is 12.4 Å². The van der Waals surface area contributed by atoms with Gasteiger partial charge in [-0.05, 0) is 67.6 Å². The Morgan fingerprint density at radius 2 is 1.65 bits per heavy atom. The topological polar surface area (TPSA) is 112 Å². The van der Waals surface area contributed by atoms with E-state index in [1.165, 1.54) is 11.8 Å². The van der Waals surface area contributed by atoms with E-state index in [2.05, 4.69) is 15.5 Å². The molecule has 9 heteroatoms. The van der Waals surface area contributed by atoms with Crippen molar-refractivity contribution in [1.82, 2.24) is 14.8 Å². The Balaban J connectivity index is 1.58. The summed E-state index contributed by atoms with van der Waals surface area (Å²) in [4.78, 5) is 24.1. The number of primary amides is 1. The van der Waals surface area contributed by atoms with Gasteiger partial charge in [0.1, 0.15) is 5.75 Å². The van der Waals surface area contributed by atoms with Gasteiger partial charge in [-0.3, -0.25) is 14.2 Å². The van der Waals surface area contributed by atoms with Crippen molar-refractivity contribution < 1.29 is 14.3 Å². The van der Waals surface area contributed by atoms with Crippen LogP contribution in [-0.4, -0.2) is 38.9 Å². The number of aromatic nitrogens is 3. The third-order valence-electron chi connectivity index (χ3n) is 5.08. The van der Waals surface area contributed by atoms with Crippen molar-refractivity contribution in [1.29, 1.82) is 0 Å². The number of para-hydroxylation sites is 1. The monoisotopic (exact) mass is 473 g/mol. The van der Waals surface area contributed by atoms with Crippen molar-refractivity contribution in [3.63, 3.8) is 0 Å². The number of nitrogens with zero attached hydrogens (tertiary/aromatic N) is 3. The first-order valence-electron chi connectivity index (χ1n) is 10.5. The van der Waals surface area contributed by atoms with E-state index >= 15 is 0 Å². The van der Waals surface area contributed by atoms with E-state index in [0.717, 1.165) is 17.0 Å². The molecular formula is C25H23N5O3S. The number of hydrogen-bond donors (Lipinski definition) is 2. The van der Waals surface area contributed by atoms with E-state index in [4.69, 9.17) is 10.5 Å². The molecule has 1 atom stereocenters. The van der Waals surface area contributed by atoms with Crippen LogP contribution in [0, 0.1) is 0 Å². The molecule has 172 valence electrons. The number of amides is 2. The summed E-state index contributed by atoms with van der Waals surface area (Å²) in [6.07, 6.45) is 0. The van der Waals surface area contributed by atoms with Crippen LogP contribution in [-0.2, 0) is 4.79 Å². The summed E-state index contributed by atoms with van der Waals surface area (Å²) < 4.78 is 7.19. The molecule has 3 aromatic carbocycles. The maximum absolute atomic E-state index is 12.8. The Kier molecular flexibility index (Phi) is 6.93. The molecule has 0 saturated carbocycles. The molecule has 1 unspecified atom stereocenters. The summed E-state index contributed by atoms with van der Waals surface area (Å²) in [5.74, 6) is 0.685. The zero-order valence-corrected chi connectivity index (χ0v) is 19.5. The standard InChI is InChI=1S/C25H23N5O3S/c1-16(24(32)27-19-12-8-17(9-13-19)22(26)31)34-25-29-28-23(18-10-14-21(33-2)15-11-18)30(25)20-6-4-3-5-7-20/h3-16H,1-2H3,(H2,26,31)(H,27,32). The van der Waals surface area contributed by atoms with Crippen LogP contribution >= 0.6 is 11.8 Å². The highest BCUT2D eigenvalue weighted by Gasteiger charge is 2.22. The molecule has 2 amide bonds. The second-order valence-electron chi connectivity index (χ2n) is 7.40. The minimum absolute atomic E-state index is 0.203. The predicted octanol–water partition coefficient (Wildman–Crippen LogP) is 4.16. The number of methoxy groups -OCH3 is 1. The Hall–Kier alpha value is -4.11. The molecule has 0 radical (unpaired) electrons. The van der Waals surface area contributed by atoms with Crippen LogP contribution in [0.15, 0.2) is 84.0 Å². The summed E-state index contributed by atoms with van der Waals surface area (Å²) in [5, 5.41) is 11.8. The minimum atomic E-state index is -0.519. The molecule has 1 aromatic heterocycles. The van der Waals surface area contributed by atoms with Crippen LogP contribution in [0.5, 0.6) is 5.75 Å². The molecule has 4 rings (SSSR count). The van der Waals surface area contributed by atoms with E-state index in [9.17, 15) is 9.59 Å². The number of anilines is 1. The van der Waals surface area contributed by atoms with Crippen LogP contribution in [0.2, 0.25) is 0 Å². The Morgan fingerprint density at radius 3 is 2.26 bits per heavy atom. The molecule has 4 aromatic rings. The number of carbonyl (C=O) groups excluding carboxylic acids is 2. The second-order valence-corrected chi connectivity index (χ2v) is 8.70. The molecule has 8 nitrogen and oxygen atoms in total. The predicted molar refractivity (Wildman–Crippen MR) is 132 cm³/mol. The summed E-state index contributed by atoms with van der Waals surface area (Å²) in [6.45, 7) is 1.80. The molecule has 0 spiro atoms. The lowest BCUT2D eigenvalue weighted by Gasteiger charge is -2.14. The molecule has 0 aliphatic carbocycles. The lowest BCUT2D eigenvalue weighted by atomic mass is 10.2. The zero-order valence-electron chi connectivity index (χ0n) is 18.6. The highest BCUT2D eigenvalue weighted by molar-refractivity contribution is 8.00. The number of hydrogen-bond acceptors (Lipinski definition) is 6. The van der Waals surface area contributed by atoms with Gasteiger partial charge in [0.15, 0.2) is 11.0 Å². The fraction of sp³-hybridized carbons (Fsp3) is 0.120. The fourth-order valence-electron chi connectivity index (χ4n) is 3.26. The third-order valence-corrected chi connectivity index (χ3v) is 6.13. The number of benzene rings is 3. The largest absolute Gasteiger partial charge is 0.497 e. The van der Waals surface area contributed by atoms with Gasteiger partial charge in [-0.1, -0.05) is 30.0 Å². The molecule has 0 saturated heterocycles. The van der Waals surface area contributed by atoms with E-state index in [-0.39, 0.29) is 5.91 Å². The van der Waals surface area contributed by atoms with Crippen molar-refractivity contribution in [2.75, 3.05) is 12.4 Å². The second kappa shape index (κ2) is 10.2. The van der Waals surface area contributed by atoms with Gasteiger partial charge < -0.3 is 15.8 Å². The number of ether oxygens (including phenoxy) is 1. The number of nitrogens with two attached hydrogens (primary N) is 1. The zero-order chi connectivity index (χ0) is 24.1. The lowest BCUT2D eigenvalue weighted by Crippen LogP contribution is -2.23. The van der Waals surface area contributed by atoms with E-state index in [1.807, 2.05) is 59.2 Å². The number of rotatable bonds is 8. The van der Waals surface area contributed by atoms with E-state index in [1.54, 1.807) is 38.3 Å². The summed E-state index contributed by atoms with van der Waals surface area (Å²) >= 11 is 1.30. The molecule has 3 N–H and O–H groups in total. The molecule has 0 bridgehead atoms. The van der Waals surface area contributed by atoms with Crippen molar-refractivity contribution >= 4 is 29.3 Å². The van der Waals surface area contributed by atoms with Gasteiger partial charge in [-0.2, -0.15) is 0 Å². The number of nitrogens with one attached hydrogen (secondary N) is 1. The average molecular weight is 474 g/mol. The molecule has 0 aliphatic heterocycles. The third kappa shape index (κ3) is 5.10. The molecule has 0 fully saturated rings. The first kappa shape index (κ1) is 23.1. The van der Waals surface area contributed by atoms with Crippen molar-refractivity contribution in [2.24, 2.45) is 5.73 Å². The lowest BCUT2D eigenvalue weighted by molar-refractivity contribution is -0.115. The molecule has 0 aliphatic rings. The van der Waals surface area contributed by atoms with Gasteiger partial charge in [0.25, 0.3) is 0 Å². The van der Waals surface area contributed by atoms with Gasteiger partial charge in [-0.15, -0.1) is 10.2 Å². The van der Waals surface area contributed by atoms with Crippen LogP contribution in [0.4, 0.5) is 5.69 Å². The molecule has 34 heavy (non-hydrogen) atoms. The van der Waals surface area contributed by atoms with Crippen molar-refractivity contribution in [3.8, 4) is 22.8 Å². The first-order valence-corrected chi connectivity index (χ1v) is 11.4. The number of carbonyl (C=O) groups is 2. The summed E-state index contributed by atoms with van der Waals surface area (Å²) in [5.41, 5.74) is 7.98. The van der Waals surface area contributed by atoms with Gasteiger partial charge in [0.2, 0.25) is 11.8 Å². The number of thioether (sulfide) groups is 1. The van der Waals surface area contributed by atoms with E-state index in [0.29, 0.717) is 22.2 Å². The van der Waals surface area contributed by atoms with E-state index < -0.39 is 11.2 Å². The highest BCUT2D eigenvalue weighted by atomic mass is 32.2. The Labute approximate surface area is 201 Å². The van der Waals surface area contributed by atoms with Crippen LogP contribution in [0.3, 0.4) is 0 Å². The van der Waals surface area contributed by atoms with Gasteiger partial charge in [0, 0.05) is 22.5 Å².